The van der Waals surface area contributed by atoms with Gasteiger partial charge in [-0.05, 0) is 30.0 Å². The van der Waals surface area contributed by atoms with Crippen molar-refractivity contribution < 1.29 is 4.79 Å². The quantitative estimate of drug-likeness (QED) is 0.850. The molecule has 2 aromatic rings. The van der Waals surface area contributed by atoms with Crippen molar-refractivity contribution in [1.29, 1.82) is 0 Å². The number of urea groups is 1. The van der Waals surface area contributed by atoms with E-state index in [1.54, 1.807) is 0 Å². The van der Waals surface area contributed by atoms with Crippen molar-refractivity contribution in [3.63, 3.8) is 0 Å². The predicted molar refractivity (Wildman–Crippen MR) is 83.0 cm³/mol. The van der Waals surface area contributed by atoms with E-state index in [1.807, 2.05) is 49.4 Å². The molecule has 0 saturated carbocycles. The third-order valence-electron chi connectivity index (χ3n) is 3.04. The number of amides is 2. The van der Waals surface area contributed by atoms with Crippen molar-refractivity contribution in [2.45, 2.75) is 19.8 Å². The fourth-order valence-electron chi connectivity index (χ4n) is 2.02. The van der Waals surface area contributed by atoms with Gasteiger partial charge in [0.05, 0.1) is 0 Å². The number of carbonyl (C=O) groups excluding carboxylic acids is 1. The molecule has 2 aromatic carbocycles. The van der Waals surface area contributed by atoms with Gasteiger partial charge in [-0.15, -0.1) is 0 Å². The molecule has 0 spiro atoms. The molecule has 104 valence electrons. The Morgan fingerprint density at radius 3 is 2.45 bits per heavy atom. The third-order valence-corrected chi connectivity index (χ3v) is 3.04. The number of hydrogen-bond acceptors (Lipinski definition) is 1. The van der Waals surface area contributed by atoms with E-state index in [9.17, 15) is 4.79 Å². The molecular weight excluding hydrogens is 248 g/mol. The molecule has 0 aromatic heterocycles. The summed E-state index contributed by atoms with van der Waals surface area (Å²) in [7, 11) is 0. The van der Waals surface area contributed by atoms with Gasteiger partial charge in [0, 0.05) is 12.2 Å². The first-order valence-corrected chi connectivity index (χ1v) is 6.96. The molecule has 20 heavy (non-hydrogen) atoms. The van der Waals surface area contributed by atoms with Gasteiger partial charge in [-0.2, -0.15) is 0 Å². The highest BCUT2D eigenvalue weighted by atomic mass is 16.2. The smallest absolute Gasteiger partial charge is 0.319 e. The zero-order valence-corrected chi connectivity index (χ0v) is 11.7. The minimum atomic E-state index is -0.146. The number of carbonyl (C=O) groups is 1. The summed E-state index contributed by atoms with van der Waals surface area (Å²) in [6.45, 7) is 2.72. The lowest BCUT2D eigenvalue weighted by Gasteiger charge is -2.11. The van der Waals surface area contributed by atoms with Crippen LogP contribution in [0.1, 0.15) is 24.5 Å². The molecule has 0 aliphatic carbocycles. The molecule has 2 amide bonds. The van der Waals surface area contributed by atoms with Crippen LogP contribution in [0.5, 0.6) is 0 Å². The zero-order chi connectivity index (χ0) is 14.2. The normalized spacial score (nSPS) is 10.1. The first-order valence-electron chi connectivity index (χ1n) is 6.96. The Bertz CT molecular complexity index is 552. The number of hydrogen-bond donors (Lipinski definition) is 2. The van der Waals surface area contributed by atoms with Gasteiger partial charge >= 0.3 is 6.03 Å². The number of rotatable bonds is 5. The maximum absolute atomic E-state index is 11.8. The molecule has 0 heterocycles. The van der Waals surface area contributed by atoms with E-state index in [0.717, 1.165) is 24.1 Å². The van der Waals surface area contributed by atoms with E-state index < -0.39 is 0 Å². The van der Waals surface area contributed by atoms with E-state index in [1.165, 1.54) is 5.56 Å². The molecular formula is C17H20N2O. The Morgan fingerprint density at radius 1 is 1.00 bits per heavy atom. The minimum absolute atomic E-state index is 0.146. The third kappa shape index (κ3) is 4.12. The number of nitrogens with one attached hydrogen (secondary N) is 2. The van der Waals surface area contributed by atoms with Crippen molar-refractivity contribution in [3.05, 3.63) is 65.7 Å². The number of anilines is 1. The molecule has 2 N–H and O–H groups in total. The maximum Gasteiger partial charge on any atom is 0.319 e. The van der Waals surface area contributed by atoms with Crippen LogP contribution < -0.4 is 10.6 Å². The van der Waals surface area contributed by atoms with Crippen LogP contribution in [0.15, 0.2) is 54.6 Å². The predicted octanol–water partition coefficient (Wildman–Crippen LogP) is 3.81. The molecule has 2 rings (SSSR count). The summed E-state index contributed by atoms with van der Waals surface area (Å²) < 4.78 is 0. The standard InChI is InChI=1S/C17H20N2O/c1-2-12-18-17(20)19-16-11-7-6-10-15(16)13-14-8-4-3-5-9-14/h3-11H,2,12-13H2,1H3,(H2,18,19,20). The molecule has 0 atom stereocenters. The summed E-state index contributed by atoms with van der Waals surface area (Å²) in [5.74, 6) is 0. The molecule has 0 saturated heterocycles. The van der Waals surface area contributed by atoms with E-state index >= 15 is 0 Å². The number of benzene rings is 2. The van der Waals surface area contributed by atoms with E-state index in [4.69, 9.17) is 0 Å². The van der Waals surface area contributed by atoms with E-state index in [-0.39, 0.29) is 6.03 Å². The molecule has 0 bridgehead atoms. The van der Waals surface area contributed by atoms with Crippen LogP contribution in [0.4, 0.5) is 10.5 Å². The lowest BCUT2D eigenvalue weighted by Crippen LogP contribution is -2.29. The summed E-state index contributed by atoms with van der Waals surface area (Å²) in [6.07, 6.45) is 1.74. The lowest BCUT2D eigenvalue weighted by molar-refractivity contribution is 0.252. The van der Waals surface area contributed by atoms with Crippen molar-refractivity contribution >= 4 is 11.7 Å². The number of para-hydroxylation sites is 1. The van der Waals surface area contributed by atoms with Crippen LogP contribution in [0.3, 0.4) is 0 Å². The highest BCUT2D eigenvalue weighted by molar-refractivity contribution is 5.90. The first kappa shape index (κ1) is 14.1. The monoisotopic (exact) mass is 268 g/mol. The Morgan fingerprint density at radius 2 is 1.70 bits per heavy atom. The zero-order valence-electron chi connectivity index (χ0n) is 11.7. The SMILES string of the molecule is CCCNC(=O)Nc1ccccc1Cc1ccccc1. The second-order valence-electron chi connectivity index (χ2n) is 4.70. The van der Waals surface area contributed by atoms with Gasteiger partial charge in [-0.3, -0.25) is 0 Å². The van der Waals surface area contributed by atoms with Gasteiger partial charge in [-0.25, -0.2) is 4.79 Å². The van der Waals surface area contributed by atoms with Crippen LogP contribution in [0, 0.1) is 0 Å². The van der Waals surface area contributed by atoms with Crippen molar-refractivity contribution in [1.82, 2.24) is 5.32 Å². The van der Waals surface area contributed by atoms with Crippen LogP contribution >= 0.6 is 0 Å². The Labute approximate surface area is 120 Å². The molecule has 3 nitrogen and oxygen atoms in total. The summed E-state index contributed by atoms with van der Waals surface area (Å²) in [5, 5.41) is 5.74. The molecule has 0 aliphatic rings. The molecule has 0 fully saturated rings. The minimum Gasteiger partial charge on any atom is -0.338 e. The van der Waals surface area contributed by atoms with Crippen LogP contribution in [-0.4, -0.2) is 12.6 Å². The average molecular weight is 268 g/mol. The second kappa shape index (κ2) is 7.34. The molecule has 3 heteroatoms. The van der Waals surface area contributed by atoms with Gasteiger partial charge in [-0.1, -0.05) is 55.5 Å². The molecule has 0 unspecified atom stereocenters. The van der Waals surface area contributed by atoms with Gasteiger partial charge in [0.25, 0.3) is 0 Å². The average Bonchev–Trinajstić information content (AvgIpc) is 2.48. The fourth-order valence-corrected chi connectivity index (χ4v) is 2.02. The van der Waals surface area contributed by atoms with Gasteiger partial charge in [0.1, 0.15) is 0 Å². The van der Waals surface area contributed by atoms with Gasteiger partial charge < -0.3 is 10.6 Å². The Balaban J connectivity index is 2.08. The van der Waals surface area contributed by atoms with Crippen LogP contribution in [0.2, 0.25) is 0 Å². The van der Waals surface area contributed by atoms with Crippen LogP contribution in [-0.2, 0) is 6.42 Å². The summed E-state index contributed by atoms with van der Waals surface area (Å²) in [4.78, 5) is 11.8. The fraction of sp³-hybridized carbons (Fsp3) is 0.235. The van der Waals surface area contributed by atoms with Crippen LogP contribution in [0.25, 0.3) is 0 Å². The first-order chi connectivity index (χ1) is 9.79. The molecule has 0 radical (unpaired) electrons. The van der Waals surface area contributed by atoms with Crippen molar-refractivity contribution in [3.8, 4) is 0 Å². The van der Waals surface area contributed by atoms with E-state index in [2.05, 4.69) is 22.8 Å². The van der Waals surface area contributed by atoms with E-state index in [0.29, 0.717) is 6.54 Å². The summed E-state index contributed by atoms with van der Waals surface area (Å²) in [6, 6.07) is 18.0. The highest BCUT2D eigenvalue weighted by Crippen LogP contribution is 2.18. The summed E-state index contributed by atoms with van der Waals surface area (Å²) in [5.41, 5.74) is 3.21. The maximum atomic E-state index is 11.8. The molecule has 0 aliphatic heterocycles. The lowest BCUT2D eigenvalue weighted by atomic mass is 10.0. The second-order valence-corrected chi connectivity index (χ2v) is 4.70. The largest absolute Gasteiger partial charge is 0.338 e. The van der Waals surface area contributed by atoms with Gasteiger partial charge in [0.2, 0.25) is 0 Å². The van der Waals surface area contributed by atoms with Gasteiger partial charge in [0.15, 0.2) is 0 Å². The van der Waals surface area contributed by atoms with Crippen molar-refractivity contribution in [2.24, 2.45) is 0 Å². The Hall–Kier alpha value is -2.29. The summed E-state index contributed by atoms with van der Waals surface area (Å²) >= 11 is 0. The Kier molecular flexibility index (Phi) is 5.18. The topological polar surface area (TPSA) is 41.1 Å². The van der Waals surface area contributed by atoms with Crippen molar-refractivity contribution in [2.75, 3.05) is 11.9 Å². The highest BCUT2D eigenvalue weighted by Gasteiger charge is 2.06.